The summed E-state index contributed by atoms with van der Waals surface area (Å²) in [5.41, 5.74) is 3.12. The number of carboxylic acid groups (broad SMARTS) is 1. The van der Waals surface area contributed by atoms with Gasteiger partial charge in [-0.05, 0) is 36.5 Å². The van der Waals surface area contributed by atoms with Crippen molar-refractivity contribution in [2.75, 3.05) is 37.6 Å². The number of nitrogens with zero attached hydrogens (tertiary/aromatic N) is 4. The fourth-order valence-electron chi connectivity index (χ4n) is 4.47. The summed E-state index contributed by atoms with van der Waals surface area (Å²) in [5, 5.41) is 12.0. The van der Waals surface area contributed by atoms with Crippen molar-refractivity contribution >= 4 is 29.4 Å². The Kier molecular flexibility index (Phi) is 6.27. The van der Waals surface area contributed by atoms with E-state index in [4.69, 9.17) is 16.7 Å². The number of benzene rings is 1. The number of anilines is 1. The third-order valence-electron chi connectivity index (χ3n) is 6.17. The zero-order valence-electron chi connectivity index (χ0n) is 17.4. The van der Waals surface area contributed by atoms with Gasteiger partial charge in [0.1, 0.15) is 12.1 Å². The first-order valence-corrected chi connectivity index (χ1v) is 10.9. The molecule has 0 bridgehead atoms. The number of carbonyl (C=O) groups is 2. The van der Waals surface area contributed by atoms with Crippen LogP contribution in [0.4, 0.5) is 10.6 Å². The molecular weight excluding hydrogens is 418 g/mol. The summed E-state index contributed by atoms with van der Waals surface area (Å²) in [6.07, 6.45) is 2.57. The van der Waals surface area contributed by atoms with E-state index in [1.165, 1.54) is 5.56 Å². The van der Waals surface area contributed by atoms with Gasteiger partial charge in [0.25, 0.3) is 0 Å². The molecule has 4 rings (SSSR count). The van der Waals surface area contributed by atoms with Gasteiger partial charge in [0, 0.05) is 49.0 Å². The summed E-state index contributed by atoms with van der Waals surface area (Å²) in [7, 11) is 0. The van der Waals surface area contributed by atoms with Gasteiger partial charge in [-0.25, -0.2) is 14.8 Å². The zero-order chi connectivity index (χ0) is 22.0. The first kappa shape index (κ1) is 21.4. The van der Waals surface area contributed by atoms with Crippen LogP contribution in [0, 0.1) is 0 Å². The number of piperazine rings is 1. The van der Waals surface area contributed by atoms with Crippen molar-refractivity contribution in [1.82, 2.24) is 20.2 Å². The van der Waals surface area contributed by atoms with Crippen LogP contribution in [-0.2, 0) is 11.2 Å². The monoisotopic (exact) mass is 443 g/mol. The molecule has 1 aromatic carbocycles. The minimum atomic E-state index is -1.15. The molecule has 2 aromatic rings. The molecule has 1 aliphatic carbocycles. The molecule has 2 heterocycles. The lowest BCUT2D eigenvalue weighted by molar-refractivity contribution is -0.133. The number of carbonyl (C=O) groups excluding carboxylic acids is 1. The maximum absolute atomic E-state index is 13.3. The second-order valence-electron chi connectivity index (χ2n) is 8.10. The highest BCUT2D eigenvalue weighted by Gasteiger charge is 2.32. The Balaban J connectivity index is 1.46. The number of halogens is 1. The third kappa shape index (κ3) is 4.58. The third-order valence-corrected chi connectivity index (χ3v) is 6.42. The van der Waals surface area contributed by atoms with Gasteiger partial charge >= 0.3 is 6.09 Å². The standard InChI is InChI=1S/C22H26ClN5O3/c1-14-2-7-18-19(14)20(26-13-25-18)27-8-10-28(11-9-27)21(29)17(12-24-22(30)31)15-3-5-16(23)6-4-15/h3-6,13-14,17,24H,2,7-12H2,1H3,(H,30,31)/t14-,17?/m1/s1. The van der Waals surface area contributed by atoms with E-state index in [1.807, 2.05) is 4.90 Å². The molecule has 2 N–H and O–H groups in total. The minimum Gasteiger partial charge on any atom is -0.465 e. The molecule has 0 spiro atoms. The van der Waals surface area contributed by atoms with E-state index in [1.54, 1.807) is 30.6 Å². The molecule has 1 aromatic heterocycles. The second-order valence-corrected chi connectivity index (χ2v) is 8.54. The second kappa shape index (κ2) is 9.09. The summed E-state index contributed by atoms with van der Waals surface area (Å²) in [4.78, 5) is 37.4. The number of nitrogens with one attached hydrogen (secondary N) is 1. The molecular formula is C22H26ClN5O3. The van der Waals surface area contributed by atoms with Crippen molar-refractivity contribution < 1.29 is 14.7 Å². The predicted molar refractivity (Wildman–Crippen MR) is 118 cm³/mol. The van der Waals surface area contributed by atoms with Gasteiger partial charge in [0.15, 0.2) is 0 Å². The number of amides is 2. The summed E-state index contributed by atoms with van der Waals surface area (Å²) in [5.74, 6) is 0.756. The minimum absolute atomic E-state index is 0.0208. The Labute approximate surface area is 186 Å². The molecule has 0 saturated carbocycles. The lowest BCUT2D eigenvalue weighted by Gasteiger charge is -2.38. The molecule has 2 aliphatic rings. The quantitative estimate of drug-likeness (QED) is 0.737. The number of fused-ring (bicyclic) bond motifs is 1. The number of rotatable bonds is 5. The molecule has 1 saturated heterocycles. The molecule has 1 unspecified atom stereocenters. The Morgan fingerprint density at radius 2 is 1.90 bits per heavy atom. The van der Waals surface area contributed by atoms with Crippen LogP contribution in [0.15, 0.2) is 30.6 Å². The fraction of sp³-hybridized carbons (Fsp3) is 0.455. The average Bonchev–Trinajstić information content (AvgIpc) is 3.16. The predicted octanol–water partition coefficient (Wildman–Crippen LogP) is 2.88. The van der Waals surface area contributed by atoms with Crippen LogP contribution in [0.2, 0.25) is 5.02 Å². The van der Waals surface area contributed by atoms with Crippen molar-refractivity contribution in [2.24, 2.45) is 0 Å². The summed E-state index contributed by atoms with van der Waals surface area (Å²) in [6.45, 7) is 4.72. The highest BCUT2D eigenvalue weighted by Crippen LogP contribution is 2.37. The van der Waals surface area contributed by atoms with E-state index in [-0.39, 0.29) is 12.5 Å². The molecule has 164 valence electrons. The van der Waals surface area contributed by atoms with Gasteiger partial charge in [-0.2, -0.15) is 0 Å². The number of aryl methyl sites for hydroxylation is 1. The lowest BCUT2D eigenvalue weighted by atomic mass is 9.97. The molecule has 2 atom stereocenters. The van der Waals surface area contributed by atoms with Gasteiger partial charge in [-0.1, -0.05) is 30.7 Å². The summed E-state index contributed by atoms with van der Waals surface area (Å²) < 4.78 is 0. The molecule has 0 radical (unpaired) electrons. The Bertz CT molecular complexity index is 960. The molecule has 2 amide bonds. The van der Waals surface area contributed by atoms with Crippen molar-refractivity contribution in [3.63, 3.8) is 0 Å². The van der Waals surface area contributed by atoms with E-state index < -0.39 is 12.0 Å². The molecule has 8 nitrogen and oxygen atoms in total. The van der Waals surface area contributed by atoms with Crippen LogP contribution < -0.4 is 10.2 Å². The fourth-order valence-corrected chi connectivity index (χ4v) is 4.59. The summed E-state index contributed by atoms with van der Waals surface area (Å²) in [6, 6.07) is 6.98. The van der Waals surface area contributed by atoms with E-state index in [0.717, 1.165) is 29.9 Å². The van der Waals surface area contributed by atoms with Crippen molar-refractivity contribution in [2.45, 2.75) is 31.6 Å². The normalized spacial score (nSPS) is 19.1. The maximum Gasteiger partial charge on any atom is 0.404 e. The van der Waals surface area contributed by atoms with Crippen LogP contribution >= 0.6 is 11.6 Å². The van der Waals surface area contributed by atoms with Crippen LogP contribution in [0.3, 0.4) is 0 Å². The van der Waals surface area contributed by atoms with Crippen LogP contribution in [0.5, 0.6) is 0 Å². The largest absolute Gasteiger partial charge is 0.465 e. The Morgan fingerprint density at radius 3 is 2.58 bits per heavy atom. The van der Waals surface area contributed by atoms with E-state index in [2.05, 4.69) is 27.1 Å². The maximum atomic E-state index is 13.3. The van der Waals surface area contributed by atoms with Crippen LogP contribution in [-0.4, -0.2) is 64.7 Å². The number of hydrogen-bond donors (Lipinski definition) is 2. The van der Waals surface area contributed by atoms with Gasteiger partial charge in [0.05, 0.1) is 5.92 Å². The van der Waals surface area contributed by atoms with E-state index >= 15 is 0 Å². The first-order chi connectivity index (χ1) is 14.9. The number of aromatic nitrogens is 2. The van der Waals surface area contributed by atoms with Gasteiger partial charge < -0.3 is 20.2 Å². The van der Waals surface area contributed by atoms with E-state index in [0.29, 0.717) is 37.1 Å². The Hall–Kier alpha value is -2.87. The smallest absolute Gasteiger partial charge is 0.404 e. The molecule has 31 heavy (non-hydrogen) atoms. The van der Waals surface area contributed by atoms with Gasteiger partial charge in [0.2, 0.25) is 5.91 Å². The van der Waals surface area contributed by atoms with Crippen LogP contribution in [0.1, 0.15) is 42.0 Å². The van der Waals surface area contributed by atoms with Crippen molar-refractivity contribution in [3.8, 4) is 0 Å². The van der Waals surface area contributed by atoms with Gasteiger partial charge in [-0.3, -0.25) is 4.79 Å². The lowest BCUT2D eigenvalue weighted by Crippen LogP contribution is -2.51. The highest BCUT2D eigenvalue weighted by molar-refractivity contribution is 6.30. The average molecular weight is 444 g/mol. The molecule has 1 aliphatic heterocycles. The SMILES string of the molecule is C[C@@H]1CCc2ncnc(N3CCN(C(=O)C(CNC(=O)O)c4ccc(Cl)cc4)CC3)c21. The molecule has 9 heteroatoms. The van der Waals surface area contributed by atoms with E-state index in [9.17, 15) is 9.59 Å². The van der Waals surface area contributed by atoms with Crippen LogP contribution in [0.25, 0.3) is 0 Å². The number of hydrogen-bond acceptors (Lipinski definition) is 5. The molecule has 1 fully saturated rings. The van der Waals surface area contributed by atoms with Gasteiger partial charge in [-0.15, -0.1) is 0 Å². The highest BCUT2D eigenvalue weighted by atomic mass is 35.5. The topological polar surface area (TPSA) is 98.7 Å². The van der Waals surface area contributed by atoms with Crippen molar-refractivity contribution in [1.29, 1.82) is 0 Å². The Morgan fingerprint density at radius 1 is 1.19 bits per heavy atom. The zero-order valence-corrected chi connectivity index (χ0v) is 18.2. The van der Waals surface area contributed by atoms with Crippen molar-refractivity contribution in [3.05, 3.63) is 52.4 Å². The summed E-state index contributed by atoms with van der Waals surface area (Å²) >= 11 is 5.98. The first-order valence-electron chi connectivity index (χ1n) is 10.5.